The van der Waals surface area contributed by atoms with Crippen molar-refractivity contribution in [1.82, 2.24) is 4.98 Å². The van der Waals surface area contributed by atoms with Gasteiger partial charge >= 0.3 is 6.18 Å². The molecule has 1 aliphatic heterocycles. The molecule has 122 valence electrons. The Morgan fingerprint density at radius 1 is 1.00 bits per heavy atom. The molecular weight excluding hydrogens is 319 g/mol. The fraction of sp³-hybridized carbons (Fsp3) is 0.167. The summed E-state index contributed by atoms with van der Waals surface area (Å²) in [6.45, 7) is 0.277. The van der Waals surface area contributed by atoms with Crippen LogP contribution in [-0.2, 0) is 12.6 Å². The Bertz CT molecular complexity index is 1010. The van der Waals surface area contributed by atoms with Crippen LogP contribution in [0.1, 0.15) is 11.1 Å². The van der Waals surface area contributed by atoms with Gasteiger partial charge in [0.15, 0.2) is 0 Å². The number of benzene rings is 2. The van der Waals surface area contributed by atoms with Crippen LogP contribution < -0.4 is 10.3 Å². The van der Waals surface area contributed by atoms with Crippen LogP contribution in [-0.4, -0.2) is 11.6 Å². The fourth-order valence-electron chi connectivity index (χ4n) is 3.12. The highest BCUT2D eigenvalue weighted by Gasteiger charge is 2.32. The zero-order valence-corrected chi connectivity index (χ0v) is 12.4. The summed E-state index contributed by atoms with van der Waals surface area (Å²) < 4.78 is 44.3. The summed E-state index contributed by atoms with van der Waals surface area (Å²) in [5.74, 6) is 0.229. The molecule has 0 radical (unpaired) electrons. The van der Waals surface area contributed by atoms with Crippen molar-refractivity contribution in [3.63, 3.8) is 0 Å². The maximum absolute atomic E-state index is 12.9. The highest BCUT2D eigenvalue weighted by Crippen LogP contribution is 2.41. The Labute approximate surface area is 134 Å². The number of hydrogen-bond donors (Lipinski definition) is 1. The van der Waals surface area contributed by atoms with E-state index >= 15 is 0 Å². The number of fused-ring (bicyclic) bond motifs is 5. The lowest BCUT2D eigenvalue weighted by Gasteiger charge is -2.13. The third kappa shape index (κ3) is 2.35. The summed E-state index contributed by atoms with van der Waals surface area (Å²) >= 11 is 0. The molecule has 0 aliphatic carbocycles. The molecule has 0 fully saturated rings. The smallest absolute Gasteiger partial charge is 0.416 e. The average Bonchev–Trinajstić information content (AvgIpc) is 2.72. The first kappa shape index (κ1) is 14.8. The van der Waals surface area contributed by atoms with Gasteiger partial charge in [-0.05, 0) is 35.4 Å². The van der Waals surface area contributed by atoms with Gasteiger partial charge in [-0.1, -0.05) is 12.1 Å². The van der Waals surface area contributed by atoms with Gasteiger partial charge in [-0.15, -0.1) is 0 Å². The number of nitrogens with one attached hydrogen (secondary N) is 1. The van der Waals surface area contributed by atoms with Crippen molar-refractivity contribution in [3.05, 3.63) is 63.9 Å². The van der Waals surface area contributed by atoms with Gasteiger partial charge in [0.2, 0.25) is 5.56 Å². The van der Waals surface area contributed by atoms with Gasteiger partial charge in [0, 0.05) is 29.0 Å². The Hall–Kier alpha value is -2.76. The minimum absolute atomic E-state index is 0.192. The van der Waals surface area contributed by atoms with E-state index in [0.29, 0.717) is 17.5 Å². The van der Waals surface area contributed by atoms with Gasteiger partial charge < -0.3 is 9.72 Å². The molecule has 1 N–H and O–H groups in total. The van der Waals surface area contributed by atoms with Crippen LogP contribution in [0.25, 0.3) is 22.0 Å². The van der Waals surface area contributed by atoms with Gasteiger partial charge in [0.05, 0.1) is 12.2 Å². The number of H-pyrrole nitrogens is 1. The van der Waals surface area contributed by atoms with Gasteiger partial charge in [-0.2, -0.15) is 13.2 Å². The number of ether oxygens (including phenoxy) is 1. The second-order valence-corrected chi connectivity index (χ2v) is 5.68. The van der Waals surface area contributed by atoms with Gasteiger partial charge in [-0.3, -0.25) is 4.79 Å². The average molecular weight is 331 g/mol. The van der Waals surface area contributed by atoms with Crippen LogP contribution in [0.3, 0.4) is 0 Å². The number of rotatable bonds is 0. The molecule has 0 atom stereocenters. The van der Waals surface area contributed by atoms with Gasteiger partial charge in [0.1, 0.15) is 5.75 Å². The SMILES string of the molecule is O=c1ccc2c3c(ccc2[nH]1)-c1ccc(C(F)(F)F)cc1OCC3. The van der Waals surface area contributed by atoms with Crippen LogP contribution in [0.5, 0.6) is 5.75 Å². The molecule has 2 aromatic carbocycles. The Kier molecular flexibility index (Phi) is 3.16. The predicted octanol–water partition coefficient (Wildman–Crippen LogP) is 4.15. The van der Waals surface area contributed by atoms with Crippen molar-refractivity contribution in [3.8, 4) is 16.9 Å². The molecule has 6 heteroatoms. The van der Waals surface area contributed by atoms with E-state index in [1.54, 1.807) is 12.1 Å². The maximum atomic E-state index is 12.9. The predicted molar refractivity (Wildman–Crippen MR) is 84.2 cm³/mol. The van der Waals surface area contributed by atoms with E-state index in [4.69, 9.17) is 4.74 Å². The zero-order chi connectivity index (χ0) is 16.9. The van der Waals surface area contributed by atoms with Crippen LogP contribution in [0.2, 0.25) is 0 Å². The Morgan fingerprint density at radius 2 is 1.79 bits per heavy atom. The topological polar surface area (TPSA) is 42.1 Å². The first-order valence-corrected chi connectivity index (χ1v) is 7.43. The van der Waals surface area contributed by atoms with E-state index in [1.165, 1.54) is 12.1 Å². The number of aromatic nitrogens is 1. The summed E-state index contributed by atoms with van der Waals surface area (Å²) in [5.41, 5.74) is 2.20. The normalized spacial score (nSPS) is 13.8. The van der Waals surface area contributed by atoms with Crippen molar-refractivity contribution in [2.45, 2.75) is 12.6 Å². The van der Waals surface area contributed by atoms with E-state index in [2.05, 4.69) is 4.98 Å². The molecule has 3 nitrogen and oxygen atoms in total. The van der Waals surface area contributed by atoms with E-state index in [0.717, 1.165) is 28.6 Å². The van der Waals surface area contributed by atoms with Crippen molar-refractivity contribution in [2.24, 2.45) is 0 Å². The number of halogens is 3. The second-order valence-electron chi connectivity index (χ2n) is 5.68. The number of alkyl halides is 3. The minimum atomic E-state index is -4.41. The Balaban J connectivity index is 1.96. The molecule has 3 aromatic rings. The van der Waals surface area contributed by atoms with Crippen molar-refractivity contribution in [1.29, 1.82) is 0 Å². The van der Waals surface area contributed by atoms with Crippen LogP contribution >= 0.6 is 0 Å². The molecule has 4 rings (SSSR count). The van der Waals surface area contributed by atoms with E-state index in [9.17, 15) is 18.0 Å². The summed E-state index contributed by atoms with van der Waals surface area (Å²) in [6, 6.07) is 10.3. The maximum Gasteiger partial charge on any atom is 0.416 e. The zero-order valence-electron chi connectivity index (χ0n) is 12.4. The summed E-state index contributed by atoms with van der Waals surface area (Å²) in [4.78, 5) is 14.2. The lowest BCUT2D eigenvalue weighted by Crippen LogP contribution is -2.06. The van der Waals surface area contributed by atoms with Gasteiger partial charge in [-0.25, -0.2) is 0 Å². The molecular formula is C18H12F3NO2. The number of pyridine rings is 1. The number of hydrogen-bond acceptors (Lipinski definition) is 2. The van der Waals surface area contributed by atoms with E-state index < -0.39 is 11.7 Å². The summed E-state index contributed by atoms with van der Waals surface area (Å²) in [5, 5.41) is 0.878. The minimum Gasteiger partial charge on any atom is -0.493 e. The highest BCUT2D eigenvalue weighted by atomic mass is 19.4. The highest BCUT2D eigenvalue weighted by molar-refractivity contribution is 5.91. The van der Waals surface area contributed by atoms with Crippen molar-refractivity contribution < 1.29 is 17.9 Å². The quantitative estimate of drug-likeness (QED) is 0.672. The molecule has 0 saturated carbocycles. The van der Waals surface area contributed by atoms with Crippen molar-refractivity contribution >= 4 is 10.9 Å². The lowest BCUT2D eigenvalue weighted by atomic mass is 9.94. The monoisotopic (exact) mass is 331 g/mol. The van der Waals surface area contributed by atoms with Crippen LogP contribution in [0.4, 0.5) is 13.2 Å². The van der Waals surface area contributed by atoms with Crippen molar-refractivity contribution in [2.75, 3.05) is 6.61 Å². The second kappa shape index (κ2) is 5.12. The van der Waals surface area contributed by atoms with Gasteiger partial charge in [0.25, 0.3) is 0 Å². The third-order valence-corrected chi connectivity index (χ3v) is 4.23. The van der Waals surface area contributed by atoms with Crippen LogP contribution in [0, 0.1) is 0 Å². The van der Waals surface area contributed by atoms with E-state index in [-0.39, 0.29) is 17.9 Å². The summed E-state index contributed by atoms with van der Waals surface area (Å²) in [7, 11) is 0. The molecule has 24 heavy (non-hydrogen) atoms. The molecule has 0 amide bonds. The molecule has 0 unspecified atom stereocenters. The Morgan fingerprint density at radius 3 is 2.58 bits per heavy atom. The largest absolute Gasteiger partial charge is 0.493 e. The molecule has 1 aliphatic rings. The third-order valence-electron chi connectivity index (χ3n) is 4.23. The first-order chi connectivity index (χ1) is 11.4. The fourth-order valence-corrected chi connectivity index (χ4v) is 3.12. The standard InChI is InChI=1S/C18H12F3NO2/c19-18(20,21)10-1-2-14-11-3-5-15-13(4-6-17(23)22-15)12(11)7-8-24-16(14)9-10/h1-6,9H,7-8H2,(H,22,23). The molecule has 0 spiro atoms. The lowest BCUT2D eigenvalue weighted by molar-refractivity contribution is -0.137. The molecule has 2 heterocycles. The number of aromatic amines is 1. The van der Waals surface area contributed by atoms with E-state index in [1.807, 2.05) is 6.07 Å². The molecule has 0 bridgehead atoms. The molecule has 0 saturated heterocycles. The molecule has 1 aromatic heterocycles. The first-order valence-electron chi connectivity index (χ1n) is 7.43. The van der Waals surface area contributed by atoms with Crippen LogP contribution in [0.15, 0.2) is 47.3 Å². The summed E-state index contributed by atoms with van der Waals surface area (Å²) in [6.07, 6.45) is -3.86.